The fourth-order valence-electron chi connectivity index (χ4n) is 3.17. The van der Waals surface area contributed by atoms with Crippen LogP contribution in [0.25, 0.3) is 5.65 Å². The quantitative estimate of drug-likeness (QED) is 0.844. The van der Waals surface area contributed by atoms with E-state index in [0.29, 0.717) is 34.4 Å². The molecule has 1 saturated heterocycles. The van der Waals surface area contributed by atoms with Crippen LogP contribution in [0.3, 0.4) is 0 Å². The smallest absolute Gasteiger partial charge is 0.183 e. The zero-order valence-corrected chi connectivity index (χ0v) is 14.8. The van der Waals surface area contributed by atoms with Gasteiger partial charge in [0.15, 0.2) is 17.3 Å². The maximum absolute atomic E-state index is 8.17. The number of nitrogens with zero attached hydrogens (tertiary/aromatic N) is 7. The maximum atomic E-state index is 8.17. The summed E-state index contributed by atoms with van der Waals surface area (Å²) in [6, 6.07) is 1.89. The molecule has 2 aromatic rings. The molecule has 0 bridgehead atoms. The molecule has 9 nitrogen and oxygen atoms in total. The minimum atomic E-state index is 0.330. The summed E-state index contributed by atoms with van der Waals surface area (Å²) in [7, 11) is 3.89. The Labute approximate surface area is 151 Å². The Kier molecular flexibility index (Phi) is 3.90. The van der Waals surface area contributed by atoms with Gasteiger partial charge in [-0.05, 0) is 25.0 Å². The number of aromatic nitrogens is 3. The summed E-state index contributed by atoms with van der Waals surface area (Å²) >= 11 is 0. The molecule has 4 rings (SSSR count). The van der Waals surface area contributed by atoms with E-state index in [1.54, 1.807) is 23.0 Å². The van der Waals surface area contributed by atoms with Gasteiger partial charge in [0.05, 0.1) is 17.6 Å². The summed E-state index contributed by atoms with van der Waals surface area (Å²) < 4.78 is 1.73. The molecule has 0 saturated carbocycles. The zero-order chi connectivity index (χ0) is 18.3. The van der Waals surface area contributed by atoms with Gasteiger partial charge in [0.2, 0.25) is 0 Å². The lowest BCUT2D eigenvalue weighted by Gasteiger charge is -2.22. The molecule has 0 unspecified atom stereocenters. The van der Waals surface area contributed by atoms with Crippen molar-refractivity contribution in [1.29, 1.82) is 5.41 Å². The standard InChI is InChI=1S/C17H21N9/c1-24(2)14-5-6-20-17-13(10-21-26(14)17)22-15-11(18)9-12(19)16(23-15)25-7-3-4-8-25/h5-6,9-10,19H,3-4,7-8,18H2,1-2H3/b19-12?,22-15-. The summed E-state index contributed by atoms with van der Waals surface area (Å²) in [5.41, 5.74) is 8.01. The van der Waals surface area contributed by atoms with Crippen molar-refractivity contribution in [3.63, 3.8) is 0 Å². The molecule has 0 atom stereocenters. The highest BCUT2D eigenvalue weighted by Crippen LogP contribution is 2.23. The molecular weight excluding hydrogens is 330 g/mol. The number of nitrogens with two attached hydrogens (primary N) is 1. The Morgan fingerprint density at radius 3 is 2.77 bits per heavy atom. The molecule has 2 aliphatic rings. The lowest BCUT2D eigenvalue weighted by molar-refractivity contribution is 0.526. The Morgan fingerprint density at radius 2 is 2.04 bits per heavy atom. The van der Waals surface area contributed by atoms with Crippen LogP contribution in [0.15, 0.2) is 40.2 Å². The number of rotatable bonds is 2. The topological polar surface area (TPSA) is 111 Å². The molecular formula is C17H21N9. The van der Waals surface area contributed by atoms with E-state index in [4.69, 9.17) is 11.1 Å². The molecule has 2 aromatic heterocycles. The first kappa shape index (κ1) is 16.2. The fraction of sp³-hybridized carbons (Fsp3) is 0.353. The van der Waals surface area contributed by atoms with Crippen LogP contribution in [0.1, 0.15) is 12.8 Å². The van der Waals surface area contributed by atoms with E-state index in [0.717, 1.165) is 31.7 Å². The highest BCUT2D eigenvalue weighted by molar-refractivity contribution is 6.48. The number of nitrogens with one attached hydrogen (secondary N) is 1. The Bertz CT molecular complexity index is 958. The van der Waals surface area contributed by atoms with Crippen molar-refractivity contribution in [2.45, 2.75) is 12.8 Å². The number of hydrogen-bond donors (Lipinski definition) is 2. The van der Waals surface area contributed by atoms with Crippen LogP contribution in [0.5, 0.6) is 0 Å². The van der Waals surface area contributed by atoms with Gasteiger partial charge in [-0.2, -0.15) is 9.61 Å². The first-order valence-corrected chi connectivity index (χ1v) is 8.53. The normalized spacial score (nSPS) is 19.2. The second kappa shape index (κ2) is 6.25. The Hall–Kier alpha value is -3.23. The van der Waals surface area contributed by atoms with Crippen LogP contribution in [-0.4, -0.2) is 64.1 Å². The monoisotopic (exact) mass is 351 g/mol. The van der Waals surface area contributed by atoms with E-state index in [1.807, 2.05) is 25.1 Å². The number of fused-ring (bicyclic) bond motifs is 1. The first-order chi connectivity index (χ1) is 12.5. The van der Waals surface area contributed by atoms with Crippen molar-refractivity contribution in [3.8, 4) is 0 Å². The van der Waals surface area contributed by atoms with Gasteiger partial charge >= 0.3 is 0 Å². The summed E-state index contributed by atoms with van der Waals surface area (Å²) in [6.07, 6.45) is 7.22. The lowest BCUT2D eigenvalue weighted by Crippen LogP contribution is -2.37. The Morgan fingerprint density at radius 1 is 1.27 bits per heavy atom. The van der Waals surface area contributed by atoms with E-state index >= 15 is 0 Å². The SMILES string of the molecule is CN(C)c1ccnc2c(/N=C3\N=C(N4CCCC4)C(=N)C=C3N)cnn12. The maximum Gasteiger partial charge on any atom is 0.183 e. The largest absolute Gasteiger partial charge is 0.396 e. The van der Waals surface area contributed by atoms with E-state index < -0.39 is 0 Å². The van der Waals surface area contributed by atoms with Gasteiger partial charge in [-0.15, -0.1) is 0 Å². The summed E-state index contributed by atoms with van der Waals surface area (Å²) in [4.78, 5) is 17.6. The van der Waals surface area contributed by atoms with Crippen molar-refractivity contribution in [2.24, 2.45) is 15.7 Å². The van der Waals surface area contributed by atoms with Crippen LogP contribution in [0.2, 0.25) is 0 Å². The lowest BCUT2D eigenvalue weighted by atomic mass is 10.2. The summed E-state index contributed by atoms with van der Waals surface area (Å²) in [5, 5.41) is 12.6. The molecule has 9 heteroatoms. The van der Waals surface area contributed by atoms with Crippen LogP contribution in [0.4, 0.5) is 11.5 Å². The average Bonchev–Trinajstić information content (AvgIpc) is 3.27. The van der Waals surface area contributed by atoms with Crippen molar-refractivity contribution in [3.05, 3.63) is 30.2 Å². The Balaban J connectivity index is 1.77. The van der Waals surface area contributed by atoms with Crippen molar-refractivity contribution < 1.29 is 0 Å². The fourth-order valence-corrected chi connectivity index (χ4v) is 3.17. The highest BCUT2D eigenvalue weighted by atomic mass is 15.3. The van der Waals surface area contributed by atoms with Gasteiger partial charge in [0, 0.05) is 33.4 Å². The number of likely N-dealkylation sites (tertiary alicyclic amines) is 1. The molecule has 4 heterocycles. The van der Waals surface area contributed by atoms with Crippen molar-refractivity contribution >= 4 is 34.5 Å². The molecule has 0 radical (unpaired) electrons. The zero-order valence-electron chi connectivity index (χ0n) is 14.8. The average molecular weight is 351 g/mol. The van der Waals surface area contributed by atoms with Gasteiger partial charge < -0.3 is 15.5 Å². The van der Waals surface area contributed by atoms with E-state index in [2.05, 4.69) is 25.0 Å². The molecule has 2 aliphatic heterocycles. The van der Waals surface area contributed by atoms with E-state index in [9.17, 15) is 0 Å². The van der Waals surface area contributed by atoms with Gasteiger partial charge in [-0.3, -0.25) is 5.41 Å². The molecule has 26 heavy (non-hydrogen) atoms. The number of amidine groups is 2. The molecule has 0 spiro atoms. The van der Waals surface area contributed by atoms with Crippen LogP contribution in [-0.2, 0) is 0 Å². The minimum Gasteiger partial charge on any atom is -0.396 e. The second-order valence-corrected chi connectivity index (χ2v) is 6.54. The third kappa shape index (κ3) is 2.71. The van der Waals surface area contributed by atoms with Gasteiger partial charge in [0.1, 0.15) is 11.5 Å². The molecule has 0 aromatic carbocycles. The summed E-state index contributed by atoms with van der Waals surface area (Å²) in [5.74, 6) is 1.93. The molecule has 0 amide bonds. The van der Waals surface area contributed by atoms with Crippen LogP contribution >= 0.6 is 0 Å². The van der Waals surface area contributed by atoms with Gasteiger partial charge in [-0.25, -0.2) is 15.0 Å². The third-order valence-electron chi connectivity index (χ3n) is 4.46. The highest BCUT2D eigenvalue weighted by Gasteiger charge is 2.24. The number of aliphatic imine (C=N–C) groups is 2. The van der Waals surface area contributed by atoms with Crippen molar-refractivity contribution in [1.82, 2.24) is 19.5 Å². The van der Waals surface area contributed by atoms with E-state index in [1.165, 1.54) is 0 Å². The number of anilines is 1. The number of dihydropyridines is 1. The third-order valence-corrected chi connectivity index (χ3v) is 4.46. The molecule has 3 N–H and O–H groups in total. The molecule has 134 valence electrons. The predicted octanol–water partition coefficient (Wildman–Crippen LogP) is 1.20. The van der Waals surface area contributed by atoms with Gasteiger partial charge in [-0.1, -0.05) is 0 Å². The van der Waals surface area contributed by atoms with Gasteiger partial charge in [0.25, 0.3) is 0 Å². The predicted molar refractivity (Wildman–Crippen MR) is 103 cm³/mol. The van der Waals surface area contributed by atoms with Crippen LogP contribution < -0.4 is 10.6 Å². The summed E-state index contributed by atoms with van der Waals surface area (Å²) in [6.45, 7) is 1.82. The van der Waals surface area contributed by atoms with Crippen molar-refractivity contribution in [2.75, 3.05) is 32.1 Å². The number of hydrogen-bond acceptors (Lipinski definition) is 7. The minimum absolute atomic E-state index is 0.330. The molecule has 0 aliphatic carbocycles. The van der Waals surface area contributed by atoms with Crippen LogP contribution in [0, 0.1) is 5.41 Å². The first-order valence-electron chi connectivity index (χ1n) is 8.53. The second-order valence-electron chi connectivity index (χ2n) is 6.54. The molecule has 1 fully saturated rings. The van der Waals surface area contributed by atoms with E-state index in [-0.39, 0.29) is 0 Å².